The van der Waals surface area contributed by atoms with Crippen LogP contribution in [-0.2, 0) is 23.7 Å². The van der Waals surface area contributed by atoms with Gasteiger partial charge in [0.1, 0.15) is 30.5 Å². The van der Waals surface area contributed by atoms with Gasteiger partial charge in [-0.15, -0.1) is 0 Å². The van der Waals surface area contributed by atoms with Crippen LogP contribution in [0, 0.1) is 0 Å². The zero-order valence-corrected chi connectivity index (χ0v) is 39.1. The van der Waals surface area contributed by atoms with E-state index in [0.717, 1.165) is 96.3 Å². The molecule has 356 valence electrons. The summed E-state index contributed by atoms with van der Waals surface area (Å²) in [6, 6.07) is 0. The van der Waals surface area contributed by atoms with Crippen LogP contribution in [-0.4, -0.2) is 89.6 Å². The van der Waals surface area contributed by atoms with Gasteiger partial charge in [-0.1, -0.05) is 176 Å². The van der Waals surface area contributed by atoms with Crippen LogP contribution in [0.3, 0.4) is 0 Å². The van der Waals surface area contributed by atoms with Gasteiger partial charge in [0.2, 0.25) is 0 Å². The molecule has 0 bridgehead atoms. The fourth-order valence-electron chi connectivity index (χ4n) is 7.03. The summed E-state index contributed by atoms with van der Waals surface area (Å²) >= 11 is 0. The molecular formula is C53H90O9. The Kier molecular flexibility index (Phi) is 40.4. The smallest absolute Gasteiger partial charge is 0.306 e. The highest BCUT2D eigenvalue weighted by Gasteiger charge is 2.44. The van der Waals surface area contributed by atoms with Gasteiger partial charge in [0, 0.05) is 13.0 Å². The Morgan fingerprint density at radius 2 is 0.935 bits per heavy atom. The Labute approximate surface area is 378 Å². The highest BCUT2D eigenvalue weighted by atomic mass is 16.7. The third-order valence-corrected chi connectivity index (χ3v) is 10.8. The Balaban J connectivity index is 2.21. The summed E-state index contributed by atoms with van der Waals surface area (Å²) in [5.74, 6) is -0.334. The standard InChI is InChI=1S/C53H90O9/c1-3-5-7-9-11-13-15-17-19-20-21-22-23-24-25-26-27-29-31-33-35-37-39-41-43-59-45-47(46-60-53-52(58)51(57)50(56)48(44-54)62-53)61-49(55)42-40-38-36-34-32-30-28-18-16-14-12-10-8-6-4-2/h5-8,11-14,17-19,21-22,28,47-48,50-54,56-58H,3-4,9-10,15-16,20,23-27,29-46H2,1-2H3/b7-5-,8-6-,13-11-,14-12-,19-17-,22-21-,28-18-. The van der Waals surface area contributed by atoms with Crippen LogP contribution in [0.15, 0.2) is 85.1 Å². The molecule has 0 aromatic rings. The molecular weight excluding hydrogens is 781 g/mol. The quantitative estimate of drug-likeness (QED) is 0.0269. The Morgan fingerprint density at radius 3 is 1.40 bits per heavy atom. The first-order valence-electron chi connectivity index (χ1n) is 24.7. The van der Waals surface area contributed by atoms with Crippen LogP contribution >= 0.6 is 0 Å². The van der Waals surface area contributed by atoms with Crippen molar-refractivity contribution in [1.82, 2.24) is 0 Å². The number of allylic oxidation sites excluding steroid dienone is 14. The van der Waals surface area contributed by atoms with Crippen LogP contribution in [0.25, 0.3) is 0 Å². The number of ether oxygens (including phenoxy) is 4. The number of unbranched alkanes of at least 4 members (excludes halogenated alkanes) is 16. The summed E-state index contributed by atoms with van der Waals surface area (Å²) in [5, 5.41) is 40.2. The van der Waals surface area contributed by atoms with Gasteiger partial charge in [-0.2, -0.15) is 0 Å². The van der Waals surface area contributed by atoms with Crippen molar-refractivity contribution < 1.29 is 44.2 Å². The lowest BCUT2D eigenvalue weighted by Crippen LogP contribution is -2.59. The lowest BCUT2D eigenvalue weighted by molar-refractivity contribution is -0.305. The maximum atomic E-state index is 12.8. The molecule has 0 spiro atoms. The van der Waals surface area contributed by atoms with Crippen molar-refractivity contribution in [3.8, 4) is 0 Å². The molecule has 1 rings (SSSR count). The van der Waals surface area contributed by atoms with E-state index in [-0.39, 0.29) is 19.2 Å². The second-order valence-corrected chi connectivity index (χ2v) is 16.5. The van der Waals surface area contributed by atoms with Gasteiger partial charge in [-0.3, -0.25) is 4.79 Å². The molecule has 6 atom stereocenters. The molecule has 1 heterocycles. The van der Waals surface area contributed by atoms with Crippen molar-refractivity contribution in [1.29, 1.82) is 0 Å². The average Bonchev–Trinajstić information content (AvgIpc) is 3.27. The van der Waals surface area contributed by atoms with E-state index in [1.165, 1.54) is 64.2 Å². The van der Waals surface area contributed by atoms with E-state index in [9.17, 15) is 25.2 Å². The van der Waals surface area contributed by atoms with Crippen molar-refractivity contribution >= 4 is 5.97 Å². The molecule has 1 aliphatic rings. The third-order valence-electron chi connectivity index (χ3n) is 10.8. The highest BCUT2D eigenvalue weighted by molar-refractivity contribution is 5.69. The van der Waals surface area contributed by atoms with E-state index in [1.807, 2.05) is 0 Å². The van der Waals surface area contributed by atoms with Gasteiger partial charge >= 0.3 is 5.97 Å². The van der Waals surface area contributed by atoms with Crippen LogP contribution < -0.4 is 0 Å². The first-order valence-corrected chi connectivity index (χ1v) is 24.7. The number of carbonyl (C=O) groups is 1. The molecule has 1 saturated heterocycles. The maximum absolute atomic E-state index is 12.8. The van der Waals surface area contributed by atoms with E-state index >= 15 is 0 Å². The molecule has 0 aliphatic carbocycles. The molecule has 0 saturated carbocycles. The van der Waals surface area contributed by atoms with E-state index in [1.54, 1.807) is 0 Å². The molecule has 0 aromatic heterocycles. The largest absolute Gasteiger partial charge is 0.457 e. The summed E-state index contributed by atoms with van der Waals surface area (Å²) in [5.41, 5.74) is 0. The predicted octanol–water partition coefficient (Wildman–Crippen LogP) is 11.8. The highest BCUT2D eigenvalue weighted by Crippen LogP contribution is 2.22. The summed E-state index contributed by atoms with van der Waals surface area (Å²) < 4.78 is 22.8. The number of carbonyl (C=O) groups excluding carboxylic acids is 1. The minimum atomic E-state index is -1.54. The van der Waals surface area contributed by atoms with Crippen molar-refractivity contribution in [2.24, 2.45) is 0 Å². The van der Waals surface area contributed by atoms with Crippen LogP contribution in [0.2, 0.25) is 0 Å². The number of aliphatic hydroxyl groups is 4. The average molecular weight is 871 g/mol. The Bertz CT molecular complexity index is 1220. The molecule has 4 N–H and O–H groups in total. The minimum absolute atomic E-state index is 0.126. The van der Waals surface area contributed by atoms with E-state index < -0.39 is 43.4 Å². The fourth-order valence-corrected chi connectivity index (χ4v) is 7.03. The van der Waals surface area contributed by atoms with Crippen molar-refractivity contribution in [2.45, 2.75) is 218 Å². The monoisotopic (exact) mass is 871 g/mol. The lowest BCUT2D eigenvalue weighted by atomic mass is 9.99. The Morgan fingerprint density at radius 1 is 0.516 bits per heavy atom. The number of aliphatic hydroxyl groups excluding tert-OH is 4. The minimum Gasteiger partial charge on any atom is -0.457 e. The Hall–Kier alpha value is -2.63. The first kappa shape index (κ1) is 57.4. The summed E-state index contributed by atoms with van der Waals surface area (Å²) in [4.78, 5) is 12.8. The fraction of sp³-hybridized carbons (Fsp3) is 0.717. The van der Waals surface area contributed by atoms with E-state index in [2.05, 4.69) is 98.9 Å². The van der Waals surface area contributed by atoms with E-state index in [0.29, 0.717) is 13.0 Å². The SMILES string of the molecule is CC/C=C\C/C=C\C/C=C\C/C=C\CCCCCCCCCCCCCOCC(COC1OC(CO)C(O)C(O)C1O)OC(=O)CCCCCCC/C=C\C/C=C\C/C=C\CC. The van der Waals surface area contributed by atoms with Crippen LogP contribution in [0.1, 0.15) is 181 Å². The van der Waals surface area contributed by atoms with Crippen LogP contribution in [0.5, 0.6) is 0 Å². The summed E-state index contributed by atoms with van der Waals surface area (Å²) in [7, 11) is 0. The summed E-state index contributed by atoms with van der Waals surface area (Å²) in [6.07, 6.45) is 51.9. The van der Waals surface area contributed by atoms with Gasteiger partial charge in [0.15, 0.2) is 6.29 Å². The normalized spacial score (nSPS) is 20.5. The van der Waals surface area contributed by atoms with Crippen molar-refractivity contribution in [2.75, 3.05) is 26.4 Å². The number of rotatable bonds is 41. The lowest BCUT2D eigenvalue weighted by Gasteiger charge is -2.39. The molecule has 0 amide bonds. The van der Waals surface area contributed by atoms with Gasteiger partial charge in [0.05, 0.1) is 19.8 Å². The number of hydrogen-bond acceptors (Lipinski definition) is 9. The number of esters is 1. The zero-order chi connectivity index (χ0) is 45.0. The molecule has 6 unspecified atom stereocenters. The third kappa shape index (κ3) is 33.9. The second kappa shape index (κ2) is 43.6. The topological polar surface area (TPSA) is 135 Å². The van der Waals surface area contributed by atoms with Gasteiger partial charge in [-0.25, -0.2) is 0 Å². The molecule has 62 heavy (non-hydrogen) atoms. The molecule has 1 fully saturated rings. The van der Waals surface area contributed by atoms with E-state index in [4.69, 9.17) is 18.9 Å². The van der Waals surface area contributed by atoms with Gasteiger partial charge < -0.3 is 39.4 Å². The zero-order valence-electron chi connectivity index (χ0n) is 39.1. The second-order valence-electron chi connectivity index (χ2n) is 16.5. The van der Waals surface area contributed by atoms with Gasteiger partial charge in [-0.05, 0) is 83.5 Å². The van der Waals surface area contributed by atoms with Gasteiger partial charge in [0.25, 0.3) is 0 Å². The molecule has 9 nitrogen and oxygen atoms in total. The number of hydrogen-bond donors (Lipinski definition) is 4. The summed E-state index contributed by atoms with van der Waals surface area (Å²) in [6.45, 7) is 4.30. The van der Waals surface area contributed by atoms with Crippen LogP contribution in [0.4, 0.5) is 0 Å². The van der Waals surface area contributed by atoms with Crippen molar-refractivity contribution in [3.05, 3.63) is 85.1 Å². The van der Waals surface area contributed by atoms with Crippen molar-refractivity contribution in [3.63, 3.8) is 0 Å². The maximum Gasteiger partial charge on any atom is 0.306 e. The predicted molar refractivity (Wildman–Crippen MR) is 256 cm³/mol. The molecule has 9 heteroatoms. The molecule has 0 radical (unpaired) electrons. The molecule has 1 aliphatic heterocycles. The first-order chi connectivity index (χ1) is 30.4. The molecule has 0 aromatic carbocycles.